The second-order valence-corrected chi connectivity index (χ2v) is 6.38. The summed E-state index contributed by atoms with van der Waals surface area (Å²) in [7, 11) is 0. The highest BCUT2D eigenvalue weighted by Crippen LogP contribution is 2.40. The Bertz CT molecular complexity index is 397. The number of nitrogens with one attached hydrogen (secondary N) is 1. The molecule has 1 aromatic carbocycles. The largest absolute Gasteiger partial charge is 0.298 e. The lowest BCUT2D eigenvalue weighted by Gasteiger charge is -2.36. The number of halogens is 1. The summed E-state index contributed by atoms with van der Waals surface area (Å²) < 4.78 is 1.24. The molecule has 0 atom stereocenters. The lowest BCUT2D eigenvalue weighted by molar-refractivity contribution is -0.0576. The minimum absolute atomic E-state index is 0.465. The maximum atomic E-state index is 5.76. The average molecular weight is 310 g/mol. The van der Waals surface area contributed by atoms with Crippen molar-refractivity contribution in [2.24, 2.45) is 0 Å². The van der Waals surface area contributed by atoms with Crippen LogP contribution < -0.4 is 5.48 Å². The van der Waals surface area contributed by atoms with E-state index in [2.05, 4.69) is 45.7 Å². The zero-order valence-electron chi connectivity index (χ0n) is 10.6. The van der Waals surface area contributed by atoms with Gasteiger partial charge in [0.15, 0.2) is 0 Å². The van der Waals surface area contributed by atoms with Crippen LogP contribution >= 0.6 is 15.9 Å². The lowest BCUT2D eigenvalue weighted by Crippen LogP contribution is -2.41. The van der Waals surface area contributed by atoms with Crippen LogP contribution in [0.1, 0.15) is 50.0 Å². The molecule has 0 aromatic heterocycles. The number of hydrogen-bond acceptors (Lipinski definition) is 2. The first-order valence-corrected chi connectivity index (χ1v) is 7.78. The van der Waals surface area contributed by atoms with Crippen molar-refractivity contribution in [2.45, 2.75) is 56.6 Å². The third kappa shape index (κ3) is 2.79. The first-order chi connectivity index (χ1) is 8.83. The van der Waals surface area contributed by atoms with E-state index in [1.54, 1.807) is 0 Å². The fraction of sp³-hybridized carbons (Fsp3) is 0.600. The number of hydroxylamine groups is 1. The Morgan fingerprint density at radius 3 is 2.56 bits per heavy atom. The summed E-state index contributed by atoms with van der Waals surface area (Å²) >= 11 is 3.63. The minimum atomic E-state index is 0.465. The molecule has 1 aromatic rings. The van der Waals surface area contributed by atoms with E-state index in [4.69, 9.17) is 4.84 Å². The molecule has 2 nitrogen and oxygen atoms in total. The first kappa shape index (κ1) is 12.6. The lowest BCUT2D eigenvalue weighted by atomic mass is 9.76. The van der Waals surface area contributed by atoms with Gasteiger partial charge in [-0.25, -0.2) is 0 Å². The zero-order valence-corrected chi connectivity index (χ0v) is 12.2. The molecule has 0 heterocycles. The van der Waals surface area contributed by atoms with Gasteiger partial charge < -0.3 is 0 Å². The molecule has 98 valence electrons. The van der Waals surface area contributed by atoms with Crippen molar-refractivity contribution >= 4 is 15.9 Å². The van der Waals surface area contributed by atoms with Crippen LogP contribution in [-0.2, 0) is 4.84 Å². The van der Waals surface area contributed by atoms with Crippen molar-refractivity contribution in [3.63, 3.8) is 0 Å². The summed E-state index contributed by atoms with van der Waals surface area (Å²) in [5.74, 6) is 0.685. The van der Waals surface area contributed by atoms with E-state index in [-0.39, 0.29) is 0 Å². The molecule has 0 spiro atoms. The Morgan fingerprint density at radius 1 is 1.11 bits per heavy atom. The monoisotopic (exact) mass is 309 g/mol. The molecule has 3 heteroatoms. The summed E-state index contributed by atoms with van der Waals surface area (Å²) in [6, 6.07) is 9.09. The molecule has 0 aliphatic heterocycles. The van der Waals surface area contributed by atoms with Gasteiger partial charge in [-0.2, -0.15) is 5.48 Å². The molecule has 2 fully saturated rings. The molecule has 2 aliphatic rings. The summed E-state index contributed by atoms with van der Waals surface area (Å²) in [6.45, 7) is 0. The van der Waals surface area contributed by atoms with Crippen LogP contribution in [0, 0.1) is 0 Å². The number of benzene rings is 1. The van der Waals surface area contributed by atoms with Crippen LogP contribution in [0.2, 0.25) is 0 Å². The number of rotatable bonds is 4. The van der Waals surface area contributed by atoms with Crippen molar-refractivity contribution < 1.29 is 4.84 Å². The second kappa shape index (κ2) is 5.72. The summed E-state index contributed by atoms with van der Waals surface area (Å²) in [5, 5.41) is 0. The molecule has 0 unspecified atom stereocenters. The van der Waals surface area contributed by atoms with E-state index in [0.29, 0.717) is 18.1 Å². The van der Waals surface area contributed by atoms with Gasteiger partial charge in [0.25, 0.3) is 0 Å². The molecular formula is C15H20BrNO. The molecule has 0 bridgehead atoms. The van der Waals surface area contributed by atoms with Crippen LogP contribution in [-0.4, -0.2) is 12.1 Å². The predicted molar refractivity (Wildman–Crippen MR) is 76.4 cm³/mol. The van der Waals surface area contributed by atoms with E-state index in [1.807, 2.05) is 0 Å². The second-order valence-electron chi connectivity index (χ2n) is 5.53. The SMILES string of the molecule is Brc1ccccc1C1CC(NOC2CCCC2)C1. The fourth-order valence-electron chi connectivity index (χ4n) is 2.97. The average Bonchev–Trinajstić information content (AvgIpc) is 2.82. The number of hydrogen-bond donors (Lipinski definition) is 1. The third-order valence-electron chi connectivity index (χ3n) is 4.19. The Hall–Kier alpha value is -0.380. The molecule has 2 aliphatic carbocycles. The van der Waals surface area contributed by atoms with Crippen molar-refractivity contribution in [1.82, 2.24) is 5.48 Å². The maximum absolute atomic E-state index is 5.76. The van der Waals surface area contributed by atoms with Crippen LogP contribution in [0.25, 0.3) is 0 Å². The van der Waals surface area contributed by atoms with Crippen LogP contribution in [0.3, 0.4) is 0 Å². The van der Waals surface area contributed by atoms with Gasteiger partial charge in [-0.05, 0) is 43.2 Å². The van der Waals surface area contributed by atoms with E-state index >= 15 is 0 Å². The Morgan fingerprint density at radius 2 is 1.83 bits per heavy atom. The van der Waals surface area contributed by atoms with Gasteiger partial charge in [0.1, 0.15) is 0 Å². The zero-order chi connectivity index (χ0) is 12.4. The molecular weight excluding hydrogens is 290 g/mol. The van der Waals surface area contributed by atoms with Crippen LogP contribution in [0.4, 0.5) is 0 Å². The van der Waals surface area contributed by atoms with E-state index in [9.17, 15) is 0 Å². The van der Waals surface area contributed by atoms with Crippen molar-refractivity contribution in [1.29, 1.82) is 0 Å². The van der Waals surface area contributed by atoms with Gasteiger partial charge in [0, 0.05) is 10.5 Å². The van der Waals surface area contributed by atoms with Crippen molar-refractivity contribution in [2.75, 3.05) is 0 Å². The van der Waals surface area contributed by atoms with Crippen LogP contribution in [0.15, 0.2) is 28.7 Å². The van der Waals surface area contributed by atoms with Crippen molar-refractivity contribution in [3.8, 4) is 0 Å². The van der Waals surface area contributed by atoms with Crippen LogP contribution in [0.5, 0.6) is 0 Å². The highest BCUT2D eigenvalue weighted by Gasteiger charge is 2.32. The van der Waals surface area contributed by atoms with Crippen molar-refractivity contribution in [3.05, 3.63) is 34.3 Å². The Kier molecular flexibility index (Phi) is 4.02. The fourth-order valence-corrected chi connectivity index (χ4v) is 3.58. The molecule has 2 saturated carbocycles. The molecule has 0 radical (unpaired) electrons. The maximum Gasteiger partial charge on any atom is 0.0790 e. The van der Waals surface area contributed by atoms with E-state index in [0.717, 1.165) is 0 Å². The molecule has 1 N–H and O–H groups in total. The molecule has 3 rings (SSSR count). The van der Waals surface area contributed by atoms with Gasteiger partial charge in [-0.3, -0.25) is 4.84 Å². The molecule has 0 amide bonds. The summed E-state index contributed by atoms with van der Waals surface area (Å²) in [5.41, 5.74) is 4.71. The summed E-state index contributed by atoms with van der Waals surface area (Å²) in [4.78, 5) is 5.76. The highest BCUT2D eigenvalue weighted by molar-refractivity contribution is 9.10. The quantitative estimate of drug-likeness (QED) is 0.843. The minimum Gasteiger partial charge on any atom is -0.298 e. The van der Waals surface area contributed by atoms with E-state index < -0.39 is 0 Å². The van der Waals surface area contributed by atoms with Gasteiger partial charge in [-0.15, -0.1) is 0 Å². The molecule has 0 saturated heterocycles. The Balaban J connectivity index is 1.44. The van der Waals surface area contributed by atoms with E-state index in [1.165, 1.54) is 48.6 Å². The standard InChI is InChI=1S/C15H20BrNO/c16-15-8-4-3-7-14(15)11-9-12(10-11)17-18-13-5-1-2-6-13/h3-4,7-8,11-13,17H,1-2,5-6,9-10H2. The van der Waals surface area contributed by atoms with Gasteiger partial charge in [0.2, 0.25) is 0 Å². The Labute approximate surface area is 117 Å². The van der Waals surface area contributed by atoms with Gasteiger partial charge >= 0.3 is 0 Å². The predicted octanol–water partition coefficient (Wildman–Crippen LogP) is 4.16. The first-order valence-electron chi connectivity index (χ1n) is 6.98. The summed E-state index contributed by atoms with van der Waals surface area (Å²) in [6.07, 6.45) is 7.96. The highest BCUT2D eigenvalue weighted by atomic mass is 79.9. The van der Waals surface area contributed by atoms with Gasteiger partial charge in [0.05, 0.1) is 6.10 Å². The topological polar surface area (TPSA) is 21.3 Å². The third-order valence-corrected chi connectivity index (χ3v) is 4.91. The molecule has 18 heavy (non-hydrogen) atoms. The normalized spacial score (nSPS) is 28.3. The smallest absolute Gasteiger partial charge is 0.0790 e. The van der Waals surface area contributed by atoms with Gasteiger partial charge in [-0.1, -0.05) is 47.0 Å².